The Bertz CT molecular complexity index is 724. The van der Waals surface area contributed by atoms with Gasteiger partial charge in [0.15, 0.2) is 11.6 Å². The number of rotatable bonds is 2. The molecular formula is C18H14O2. The van der Waals surface area contributed by atoms with Gasteiger partial charge in [-0.2, -0.15) is 0 Å². The molecule has 0 heterocycles. The molecule has 2 aromatic carbocycles. The third-order valence-electron chi connectivity index (χ3n) is 3.71. The fourth-order valence-electron chi connectivity index (χ4n) is 2.56. The molecule has 20 heavy (non-hydrogen) atoms. The summed E-state index contributed by atoms with van der Waals surface area (Å²) in [5.41, 5.74) is 3.26. The Kier molecular flexibility index (Phi) is 3.07. The smallest absolute Gasteiger partial charge is 0.190 e. The lowest BCUT2D eigenvalue weighted by Crippen LogP contribution is -2.22. The van der Waals surface area contributed by atoms with Crippen LogP contribution in [0.2, 0.25) is 0 Å². The molecule has 0 N–H and O–H groups in total. The zero-order valence-corrected chi connectivity index (χ0v) is 11.2. The van der Waals surface area contributed by atoms with Gasteiger partial charge in [-0.1, -0.05) is 54.6 Å². The van der Waals surface area contributed by atoms with Crippen molar-refractivity contribution in [3.8, 4) is 0 Å². The molecule has 98 valence electrons. The van der Waals surface area contributed by atoms with E-state index < -0.39 is 0 Å². The van der Waals surface area contributed by atoms with Crippen LogP contribution in [-0.4, -0.2) is 11.6 Å². The van der Waals surface area contributed by atoms with Gasteiger partial charge in [-0.15, -0.1) is 0 Å². The summed E-state index contributed by atoms with van der Waals surface area (Å²) >= 11 is 0. The Morgan fingerprint density at radius 1 is 0.750 bits per heavy atom. The van der Waals surface area contributed by atoms with E-state index in [1.807, 2.05) is 30.3 Å². The van der Waals surface area contributed by atoms with Gasteiger partial charge in [0, 0.05) is 28.7 Å². The maximum Gasteiger partial charge on any atom is 0.190 e. The third kappa shape index (κ3) is 1.99. The highest BCUT2D eigenvalue weighted by atomic mass is 16.1. The summed E-state index contributed by atoms with van der Waals surface area (Å²) in [7, 11) is 0. The van der Waals surface area contributed by atoms with Crippen molar-refractivity contribution in [2.75, 3.05) is 0 Å². The number of carbonyl (C=O) groups is 2. The largest absolute Gasteiger partial charge is 0.289 e. The number of hydrogen-bond donors (Lipinski definition) is 0. The fourth-order valence-corrected chi connectivity index (χ4v) is 2.56. The average molecular weight is 262 g/mol. The number of benzene rings is 2. The van der Waals surface area contributed by atoms with E-state index >= 15 is 0 Å². The Balaban J connectivity index is 2.06. The summed E-state index contributed by atoms with van der Waals surface area (Å²) in [6.07, 6.45) is 0.506. The van der Waals surface area contributed by atoms with E-state index in [1.54, 1.807) is 31.2 Å². The van der Waals surface area contributed by atoms with Crippen molar-refractivity contribution >= 4 is 11.6 Å². The van der Waals surface area contributed by atoms with Gasteiger partial charge >= 0.3 is 0 Å². The molecule has 3 rings (SSSR count). The van der Waals surface area contributed by atoms with Crippen molar-refractivity contribution in [2.24, 2.45) is 0 Å². The minimum absolute atomic E-state index is 0.0263. The second kappa shape index (κ2) is 4.89. The minimum Gasteiger partial charge on any atom is -0.289 e. The Labute approximate surface area is 117 Å². The molecule has 1 aliphatic carbocycles. The Morgan fingerprint density at radius 3 is 1.95 bits per heavy atom. The molecule has 0 saturated carbocycles. The van der Waals surface area contributed by atoms with Gasteiger partial charge in [-0.25, -0.2) is 0 Å². The number of carbonyl (C=O) groups excluding carboxylic acids is 2. The molecule has 0 radical (unpaired) electrons. The molecule has 2 nitrogen and oxygen atoms in total. The molecule has 0 fully saturated rings. The molecule has 0 spiro atoms. The molecule has 0 saturated heterocycles. The van der Waals surface area contributed by atoms with E-state index in [-0.39, 0.29) is 11.6 Å². The van der Waals surface area contributed by atoms with Crippen LogP contribution < -0.4 is 0 Å². The lowest BCUT2D eigenvalue weighted by Gasteiger charge is -2.19. The molecular weight excluding hydrogens is 248 g/mol. The van der Waals surface area contributed by atoms with Crippen molar-refractivity contribution in [2.45, 2.75) is 13.3 Å². The van der Waals surface area contributed by atoms with E-state index in [4.69, 9.17) is 0 Å². The molecule has 2 heteroatoms. The standard InChI is InChI=1S/C18H14O2/c1-12-16(11-13-7-3-2-4-8-13)18(20)15-10-6-5-9-14(15)17(12)19/h2-10H,11H2,1H3. The molecule has 0 bridgehead atoms. The maximum atomic E-state index is 12.6. The van der Waals surface area contributed by atoms with Crippen molar-refractivity contribution in [3.05, 3.63) is 82.4 Å². The second-order valence-corrected chi connectivity index (χ2v) is 4.97. The van der Waals surface area contributed by atoms with E-state index in [1.165, 1.54) is 0 Å². The Morgan fingerprint density at radius 2 is 1.30 bits per heavy atom. The van der Waals surface area contributed by atoms with Gasteiger partial charge in [0.05, 0.1) is 0 Å². The summed E-state index contributed by atoms with van der Waals surface area (Å²) in [5, 5.41) is 0. The van der Waals surface area contributed by atoms with Crippen molar-refractivity contribution in [1.82, 2.24) is 0 Å². The van der Waals surface area contributed by atoms with Gasteiger partial charge < -0.3 is 0 Å². The summed E-state index contributed by atoms with van der Waals surface area (Å²) in [4.78, 5) is 24.9. The van der Waals surface area contributed by atoms with Gasteiger partial charge in [0.1, 0.15) is 0 Å². The number of hydrogen-bond acceptors (Lipinski definition) is 2. The van der Waals surface area contributed by atoms with Crippen molar-refractivity contribution in [1.29, 1.82) is 0 Å². The summed E-state index contributed by atoms with van der Waals surface area (Å²) < 4.78 is 0. The Hall–Kier alpha value is -2.48. The summed E-state index contributed by atoms with van der Waals surface area (Å²) in [6, 6.07) is 16.8. The predicted molar refractivity (Wildman–Crippen MR) is 77.9 cm³/mol. The molecule has 0 unspecified atom stereocenters. The normalized spacial score (nSPS) is 14.4. The lowest BCUT2D eigenvalue weighted by molar-refractivity contribution is 0.0973. The van der Waals surface area contributed by atoms with E-state index in [0.29, 0.717) is 28.7 Å². The maximum absolute atomic E-state index is 12.6. The highest BCUT2D eigenvalue weighted by molar-refractivity contribution is 6.26. The molecule has 0 aliphatic heterocycles. The van der Waals surface area contributed by atoms with Crippen LogP contribution in [0.1, 0.15) is 33.2 Å². The monoisotopic (exact) mass is 262 g/mol. The van der Waals surface area contributed by atoms with Crippen LogP contribution in [0.5, 0.6) is 0 Å². The van der Waals surface area contributed by atoms with Crippen LogP contribution in [0, 0.1) is 0 Å². The van der Waals surface area contributed by atoms with Gasteiger partial charge in [-0.05, 0) is 12.5 Å². The number of fused-ring (bicyclic) bond motifs is 1. The first-order valence-electron chi connectivity index (χ1n) is 6.60. The van der Waals surface area contributed by atoms with Crippen LogP contribution in [0.25, 0.3) is 0 Å². The SMILES string of the molecule is CC1=C(Cc2ccccc2)C(=O)c2ccccc2C1=O. The highest BCUT2D eigenvalue weighted by Crippen LogP contribution is 2.28. The molecule has 2 aromatic rings. The molecule has 0 atom stereocenters. The highest BCUT2D eigenvalue weighted by Gasteiger charge is 2.29. The van der Waals surface area contributed by atoms with Crippen LogP contribution >= 0.6 is 0 Å². The second-order valence-electron chi connectivity index (χ2n) is 4.97. The first-order valence-corrected chi connectivity index (χ1v) is 6.60. The molecule has 0 amide bonds. The van der Waals surface area contributed by atoms with Gasteiger partial charge in [0.25, 0.3) is 0 Å². The zero-order chi connectivity index (χ0) is 14.1. The number of allylic oxidation sites excluding steroid dienone is 2. The number of Topliss-reactive ketones (excluding diaryl/α,β-unsaturated/α-hetero) is 2. The first-order chi connectivity index (χ1) is 9.68. The van der Waals surface area contributed by atoms with E-state index in [0.717, 1.165) is 5.56 Å². The zero-order valence-electron chi connectivity index (χ0n) is 11.2. The van der Waals surface area contributed by atoms with Crippen LogP contribution in [0.15, 0.2) is 65.7 Å². The predicted octanol–water partition coefficient (Wildman–Crippen LogP) is 3.62. The van der Waals surface area contributed by atoms with Gasteiger partial charge in [-0.3, -0.25) is 9.59 Å². The lowest BCUT2D eigenvalue weighted by atomic mass is 9.82. The van der Waals surface area contributed by atoms with Crippen LogP contribution in [-0.2, 0) is 6.42 Å². The minimum atomic E-state index is -0.0360. The van der Waals surface area contributed by atoms with Gasteiger partial charge in [0.2, 0.25) is 0 Å². The van der Waals surface area contributed by atoms with E-state index in [2.05, 4.69) is 0 Å². The van der Waals surface area contributed by atoms with E-state index in [9.17, 15) is 9.59 Å². The quantitative estimate of drug-likeness (QED) is 0.828. The van der Waals surface area contributed by atoms with Crippen LogP contribution in [0.3, 0.4) is 0 Å². The topological polar surface area (TPSA) is 34.1 Å². The van der Waals surface area contributed by atoms with Crippen LogP contribution in [0.4, 0.5) is 0 Å². The molecule has 1 aliphatic rings. The summed E-state index contributed by atoms with van der Waals surface area (Å²) in [5.74, 6) is -0.0623. The van der Waals surface area contributed by atoms with Crippen molar-refractivity contribution in [3.63, 3.8) is 0 Å². The average Bonchev–Trinajstić information content (AvgIpc) is 2.50. The summed E-state index contributed by atoms with van der Waals surface area (Å²) in [6.45, 7) is 1.74. The van der Waals surface area contributed by atoms with Crippen molar-refractivity contribution < 1.29 is 9.59 Å². The fraction of sp³-hybridized carbons (Fsp3) is 0.111. The first kappa shape index (κ1) is 12.5. The third-order valence-corrected chi connectivity index (χ3v) is 3.71. The number of ketones is 2. The molecule has 0 aromatic heterocycles.